The Morgan fingerprint density at radius 2 is 2.00 bits per heavy atom. The fourth-order valence-electron chi connectivity index (χ4n) is 4.44. The van der Waals surface area contributed by atoms with E-state index < -0.39 is 0 Å². The number of pyridine rings is 1. The zero-order valence-corrected chi connectivity index (χ0v) is 18.5. The van der Waals surface area contributed by atoms with Crippen molar-refractivity contribution < 1.29 is 9.53 Å². The van der Waals surface area contributed by atoms with Gasteiger partial charge in [-0.3, -0.25) is 9.69 Å². The highest BCUT2D eigenvalue weighted by Crippen LogP contribution is 2.34. The van der Waals surface area contributed by atoms with Crippen LogP contribution in [0.2, 0.25) is 0 Å². The number of hydrogen-bond donors (Lipinski definition) is 1. The van der Waals surface area contributed by atoms with Gasteiger partial charge in [0.25, 0.3) is 5.91 Å². The van der Waals surface area contributed by atoms with Gasteiger partial charge in [-0.1, -0.05) is 23.8 Å². The lowest BCUT2D eigenvalue weighted by Gasteiger charge is -2.32. The number of carbonyl (C=O) groups is 1. The van der Waals surface area contributed by atoms with Gasteiger partial charge in [0.15, 0.2) is 5.13 Å². The number of aromatic nitrogens is 2. The highest BCUT2D eigenvalue weighted by molar-refractivity contribution is 7.22. The molecule has 31 heavy (non-hydrogen) atoms. The molecular formula is C23H27N5O2S. The molecule has 1 amide bonds. The fourth-order valence-corrected chi connectivity index (χ4v) is 5.46. The summed E-state index contributed by atoms with van der Waals surface area (Å²) in [6.07, 6.45) is 5.26. The molecule has 0 saturated carbocycles. The van der Waals surface area contributed by atoms with Gasteiger partial charge in [-0.15, -0.1) is 0 Å². The summed E-state index contributed by atoms with van der Waals surface area (Å²) in [5.74, 6) is 0.854. The summed E-state index contributed by atoms with van der Waals surface area (Å²) in [4.78, 5) is 26.1. The van der Waals surface area contributed by atoms with Gasteiger partial charge in [0, 0.05) is 38.3 Å². The second-order valence-electron chi connectivity index (χ2n) is 8.15. The van der Waals surface area contributed by atoms with Crippen molar-refractivity contribution >= 4 is 32.6 Å². The van der Waals surface area contributed by atoms with Crippen LogP contribution < -0.4 is 15.0 Å². The molecule has 2 aliphatic rings. The molecule has 1 N–H and O–H groups in total. The fraction of sp³-hybridized carbons (Fsp3) is 0.435. The third-order valence-electron chi connectivity index (χ3n) is 6.10. The topological polar surface area (TPSA) is 70.6 Å². The van der Waals surface area contributed by atoms with Crippen LogP contribution in [0.25, 0.3) is 10.2 Å². The molecule has 2 aliphatic heterocycles. The number of rotatable bonds is 5. The second-order valence-corrected chi connectivity index (χ2v) is 9.16. The standard InChI is InChI=1S/C23H27N5O2S/c1-24-22(29)19-6-5-7-21(25-19)30-17-8-9-18-20(14-17)31-23(26-18)28-13-10-16(15-28)27-11-3-2-4-12-27/h5-9,14,16H,2-4,10-13,15H2,1H3,(H,24,29). The molecule has 162 valence electrons. The molecule has 1 unspecified atom stereocenters. The van der Waals surface area contributed by atoms with Crippen molar-refractivity contribution in [2.75, 3.05) is 38.1 Å². The number of nitrogens with zero attached hydrogens (tertiary/aromatic N) is 4. The summed E-state index contributed by atoms with van der Waals surface area (Å²) in [6.45, 7) is 4.63. The SMILES string of the molecule is CNC(=O)c1cccc(Oc2ccc3nc(N4CCC(N5CCCCC5)C4)sc3c2)n1. The number of thiazole rings is 1. The van der Waals surface area contributed by atoms with E-state index in [4.69, 9.17) is 9.72 Å². The minimum atomic E-state index is -0.235. The number of ether oxygens (including phenoxy) is 1. The van der Waals surface area contributed by atoms with Crippen LogP contribution >= 0.6 is 11.3 Å². The first-order valence-electron chi connectivity index (χ1n) is 11.0. The van der Waals surface area contributed by atoms with Crippen molar-refractivity contribution in [1.82, 2.24) is 20.2 Å². The van der Waals surface area contributed by atoms with E-state index in [9.17, 15) is 4.79 Å². The Morgan fingerprint density at radius 1 is 1.13 bits per heavy atom. The van der Waals surface area contributed by atoms with Crippen LogP contribution in [0.3, 0.4) is 0 Å². The highest BCUT2D eigenvalue weighted by Gasteiger charge is 2.30. The predicted molar refractivity (Wildman–Crippen MR) is 123 cm³/mol. The van der Waals surface area contributed by atoms with Crippen LogP contribution in [-0.2, 0) is 0 Å². The smallest absolute Gasteiger partial charge is 0.269 e. The first kappa shape index (κ1) is 20.2. The lowest BCUT2D eigenvalue weighted by Crippen LogP contribution is -2.40. The number of amides is 1. The zero-order chi connectivity index (χ0) is 21.2. The minimum absolute atomic E-state index is 0.235. The van der Waals surface area contributed by atoms with Crippen molar-refractivity contribution in [2.45, 2.75) is 31.7 Å². The normalized spacial score (nSPS) is 19.6. The summed E-state index contributed by atoms with van der Waals surface area (Å²) in [6, 6.07) is 11.7. The Bertz CT molecular complexity index is 1080. The van der Waals surface area contributed by atoms with Crippen LogP contribution in [0.5, 0.6) is 11.6 Å². The summed E-state index contributed by atoms with van der Waals surface area (Å²) in [5, 5.41) is 3.67. The number of carbonyl (C=O) groups excluding carboxylic acids is 1. The summed E-state index contributed by atoms with van der Waals surface area (Å²) < 4.78 is 7.01. The summed E-state index contributed by atoms with van der Waals surface area (Å²) >= 11 is 1.71. The van der Waals surface area contributed by atoms with E-state index in [0.717, 1.165) is 28.4 Å². The molecule has 0 aliphatic carbocycles. The minimum Gasteiger partial charge on any atom is -0.439 e. The number of anilines is 1. The van der Waals surface area contributed by atoms with Gasteiger partial charge in [0.05, 0.1) is 10.2 Å². The van der Waals surface area contributed by atoms with Crippen LogP contribution in [0.15, 0.2) is 36.4 Å². The Morgan fingerprint density at radius 3 is 2.84 bits per heavy atom. The lowest BCUT2D eigenvalue weighted by atomic mass is 10.1. The van der Waals surface area contributed by atoms with E-state index in [2.05, 4.69) is 20.1 Å². The summed E-state index contributed by atoms with van der Waals surface area (Å²) in [7, 11) is 1.59. The van der Waals surface area contributed by atoms with Gasteiger partial charge in [0.2, 0.25) is 5.88 Å². The van der Waals surface area contributed by atoms with Crippen molar-refractivity contribution in [3.8, 4) is 11.6 Å². The van der Waals surface area contributed by atoms with Crippen molar-refractivity contribution in [3.63, 3.8) is 0 Å². The van der Waals surface area contributed by atoms with Gasteiger partial charge >= 0.3 is 0 Å². The third-order valence-corrected chi connectivity index (χ3v) is 7.17. The maximum Gasteiger partial charge on any atom is 0.269 e. The first-order valence-corrected chi connectivity index (χ1v) is 11.8. The number of fused-ring (bicyclic) bond motifs is 1. The lowest BCUT2D eigenvalue weighted by molar-refractivity contribution is 0.0957. The van der Waals surface area contributed by atoms with Crippen LogP contribution in [0.4, 0.5) is 5.13 Å². The molecule has 0 spiro atoms. The molecule has 8 heteroatoms. The molecule has 2 aromatic heterocycles. The van der Waals surface area contributed by atoms with Crippen molar-refractivity contribution in [2.24, 2.45) is 0 Å². The Labute approximate surface area is 186 Å². The molecule has 2 fully saturated rings. The molecule has 2 saturated heterocycles. The van der Waals surface area contributed by atoms with E-state index in [1.54, 1.807) is 36.6 Å². The van der Waals surface area contributed by atoms with Crippen LogP contribution in [0.1, 0.15) is 36.2 Å². The average molecular weight is 438 g/mol. The van der Waals surface area contributed by atoms with Gasteiger partial charge < -0.3 is 15.0 Å². The number of piperidine rings is 1. The molecule has 1 atom stereocenters. The number of benzene rings is 1. The largest absolute Gasteiger partial charge is 0.439 e. The Balaban J connectivity index is 1.30. The van der Waals surface area contributed by atoms with E-state index in [1.165, 1.54) is 38.8 Å². The second kappa shape index (κ2) is 8.80. The average Bonchev–Trinajstić information content (AvgIpc) is 3.46. The Kier molecular flexibility index (Phi) is 5.74. The van der Waals surface area contributed by atoms with Crippen molar-refractivity contribution in [3.05, 3.63) is 42.1 Å². The molecule has 7 nitrogen and oxygen atoms in total. The monoisotopic (exact) mass is 437 g/mol. The third kappa shape index (κ3) is 4.36. The number of nitrogens with one attached hydrogen (secondary N) is 1. The van der Waals surface area contributed by atoms with E-state index in [1.807, 2.05) is 18.2 Å². The maximum absolute atomic E-state index is 11.8. The predicted octanol–water partition coefficient (Wildman–Crippen LogP) is 3.91. The zero-order valence-electron chi connectivity index (χ0n) is 17.7. The molecule has 0 radical (unpaired) electrons. The van der Waals surface area contributed by atoms with Gasteiger partial charge in [-0.25, -0.2) is 9.97 Å². The quantitative estimate of drug-likeness (QED) is 0.653. The summed E-state index contributed by atoms with van der Waals surface area (Å²) in [5.41, 5.74) is 1.32. The van der Waals surface area contributed by atoms with Gasteiger partial charge in [-0.05, 0) is 50.6 Å². The number of likely N-dealkylation sites (tertiary alicyclic amines) is 1. The van der Waals surface area contributed by atoms with Gasteiger partial charge in [0.1, 0.15) is 11.4 Å². The van der Waals surface area contributed by atoms with Crippen molar-refractivity contribution in [1.29, 1.82) is 0 Å². The van der Waals surface area contributed by atoms with E-state index in [-0.39, 0.29) is 5.91 Å². The molecule has 0 bridgehead atoms. The molecule has 5 rings (SSSR count). The molecule has 3 aromatic rings. The number of hydrogen-bond acceptors (Lipinski definition) is 7. The molecular weight excluding hydrogens is 410 g/mol. The molecule has 1 aromatic carbocycles. The maximum atomic E-state index is 11.8. The van der Waals surface area contributed by atoms with E-state index >= 15 is 0 Å². The van der Waals surface area contributed by atoms with Gasteiger partial charge in [-0.2, -0.15) is 0 Å². The Hall–Kier alpha value is -2.71. The highest BCUT2D eigenvalue weighted by atomic mass is 32.1. The first-order chi connectivity index (χ1) is 15.2. The molecule has 4 heterocycles. The van der Waals surface area contributed by atoms with E-state index in [0.29, 0.717) is 23.4 Å². The van der Waals surface area contributed by atoms with Crippen LogP contribution in [-0.4, -0.2) is 60.0 Å². The van der Waals surface area contributed by atoms with Crippen LogP contribution in [0, 0.1) is 0 Å².